The highest BCUT2D eigenvalue weighted by molar-refractivity contribution is 8.15. The van der Waals surface area contributed by atoms with Crippen LogP contribution in [-0.4, -0.2) is 45.3 Å². The number of nitrogens with one attached hydrogen (secondary N) is 1. The normalized spacial score (nSPS) is 19.3. The Kier molecular flexibility index (Phi) is 5.58. The Bertz CT molecular complexity index is 674. The fourth-order valence-electron chi connectivity index (χ4n) is 1.78. The molecule has 1 fully saturated rings. The van der Waals surface area contributed by atoms with Gasteiger partial charge in [-0.1, -0.05) is 11.8 Å². The zero-order valence-corrected chi connectivity index (χ0v) is 13.0. The van der Waals surface area contributed by atoms with E-state index in [2.05, 4.69) is 15.5 Å². The molecule has 0 radical (unpaired) electrons. The van der Waals surface area contributed by atoms with Crippen LogP contribution in [0.1, 0.15) is 18.9 Å². The quantitative estimate of drug-likeness (QED) is 0.529. The van der Waals surface area contributed by atoms with Crippen molar-refractivity contribution in [3.63, 3.8) is 0 Å². The summed E-state index contributed by atoms with van der Waals surface area (Å²) in [5.41, 5.74) is 0.659. The van der Waals surface area contributed by atoms with E-state index in [9.17, 15) is 14.7 Å². The standard InChI is InChI=1S/C14H15N3O5S/c1-2-22-10-5-8(3-4-9(10)18)7-15-17-14-16-13(21)11(23-14)6-12(19)20/h3-5,7,11,18H,2,6H2,1H3,(H,19,20)(H,16,17,21)/b15-7+. The molecule has 1 aliphatic heterocycles. The maximum Gasteiger partial charge on any atom is 0.305 e. The maximum atomic E-state index is 11.5. The third kappa shape index (κ3) is 4.71. The van der Waals surface area contributed by atoms with Crippen LogP contribution in [0.3, 0.4) is 0 Å². The third-order valence-corrected chi connectivity index (χ3v) is 3.85. The third-order valence-electron chi connectivity index (χ3n) is 2.78. The summed E-state index contributed by atoms with van der Waals surface area (Å²) in [5.74, 6) is -1.07. The first-order chi connectivity index (χ1) is 11.0. The SMILES string of the molecule is CCOc1cc(/C=N/N=C2\NC(=O)C(CC(=O)O)S2)ccc1O. The predicted octanol–water partition coefficient (Wildman–Crippen LogP) is 1.19. The van der Waals surface area contributed by atoms with Gasteiger partial charge in [-0.05, 0) is 30.7 Å². The number of amides is 1. The smallest absolute Gasteiger partial charge is 0.305 e. The summed E-state index contributed by atoms with van der Waals surface area (Å²) < 4.78 is 5.26. The second kappa shape index (κ2) is 7.63. The molecule has 2 rings (SSSR count). The van der Waals surface area contributed by atoms with Gasteiger partial charge in [0.2, 0.25) is 5.91 Å². The molecule has 1 amide bonds. The molecule has 1 atom stereocenters. The van der Waals surface area contributed by atoms with Gasteiger partial charge in [-0.2, -0.15) is 5.10 Å². The predicted molar refractivity (Wildman–Crippen MR) is 86.1 cm³/mol. The number of amidine groups is 1. The van der Waals surface area contributed by atoms with Crippen LogP contribution in [0.4, 0.5) is 0 Å². The van der Waals surface area contributed by atoms with Gasteiger partial charge in [0.25, 0.3) is 0 Å². The molecular weight excluding hydrogens is 322 g/mol. The Morgan fingerprint density at radius 2 is 2.30 bits per heavy atom. The largest absolute Gasteiger partial charge is 0.504 e. The minimum absolute atomic E-state index is 0.0328. The number of carbonyl (C=O) groups excluding carboxylic acids is 1. The number of carboxylic acids is 1. The number of benzene rings is 1. The molecule has 3 N–H and O–H groups in total. The molecule has 8 nitrogen and oxygen atoms in total. The summed E-state index contributed by atoms with van der Waals surface area (Å²) in [4.78, 5) is 22.2. The molecule has 9 heteroatoms. The van der Waals surface area contributed by atoms with Crippen LogP contribution in [0.5, 0.6) is 11.5 Å². The molecule has 0 aromatic heterocycles. The van der Waals surface area contributed by atoms with Crippen molar-refractivity contribution in [3.8, 4) is 11.5 Å². The molecule has 0 bridgehead atoms. The van der Waals surface area contributed by atoms with E-state index in [4.69, 9.17) is 9.84 Å². The van der Waals surface area contributed by atoms with Crippen molar-refractivity contribution in [2.45, 2.75) is 18.6 Å². The van der Waals surface area contributed by atoms with Gasteiger partial charge in [-0.25, -0.2) is 0 Å². The zero-order valence-electron chi connectivity index (χ0n) is 12.2. The lowest BCUT2D eigenvalue weighted by atomic mass is 10.2. The highest BCUT2D eigenvalue weighted by atomic mass is 32.2. The zero-order chi connectivity index (χ0) is 16.8. The van der Waals surface area contributed by atoms with Crippen LogP contribution in [0.2, 0.25) is 0 Å². The Morgan fingerprint density at radius 1 is 1.52 bits per heavy atom. The first kappa shape index (κ1) is 16.8. The Balaban J connectivity index is 2.02. The van der Waals surface area contributed by atoms with Crippen LogP contribution < -0.4 is 10.1 Å². The summed E-state index contributed by atoms with van der Waals surface area (Å²) in [7, 11) is 0. The number of ether oxygens (including phenoxy) is 1. The maximum absolute atomic E-state index is 11.5. The number of aliphatic carboxylic acids is 1. The lowest BCUT2D eigenvalue weighted by Crippen LogP contribution is -2.26. The number of carboxylic acid groups (broad SMARTS) is 1. The van der Waals surface area contributed by atoms with Gasteiger partial charge in [-0.15, -0.1) is 5.10 Å². The summed E-state index contributed by atoms with van der Waals surface area (Å²) in [6.45, 7) is 2.23. The summed E-state index contributed by atoms with van der Waals surface area (Å²) in [5, 5.41) is 28.0. The lowest BCUT2D eigenvalue weighted by Gasteiger charge is -2.05. The number of aromatic hydroxyl groups is 1. The Labute approximate surface area is 136 Å². The molecular formula is C14H15N3O5S. The highest BCUT2D eigenvalue weighted by Crippen LogP contribution is 2.26. The first-order valence-corrected chi connectivity index (χ1v) is 7.63. The topological polar surface area (TPSA) is 121 Å². The highest BCUT2D eigenvalue weighted by Gasteiger charge is 2.32. The number of hydrogen-bond acceptors (Lipinski definition) is 7. The van der Waals surface area contributed by atoms with E-state index in [0.29, 0.717) is 17.9 Å². The van der Waals surface area contributed by atoms with Crippen molar-refractivity contribution < 1.29 is 24.5 Å². The number of carbonyl (C=O) groups is 2. The lowest BCUT2D eigenvalue weighted by molar-refractivity contribution is -0.138. The van der Waals surface area contributed by atoms with E-state index in [1.165, 1.54) is 12.3 Å². The van der Waals surface area contributed by atoms with E-state index >= 15 is 0 Å². The monoisotopic (exact) mass is 337 g/mol. The second-order valence-corrected chi connectivity index (χ2v) is 5.69. The van der Waals surface area contributed by atoms with Crippen molar-refractivity contribution in [1.29, 1.82) is 0 Å². The van der Waals surface area contributed by atoms with Crippen LogP contribution in [0.15, 0.2) is 28.4 Å². The molecule has 1 aromatic carbocycles. The van der Waals surface area contributed by atoms with Crippen LogP contribution in [0.25, 0.3) is 0 Å². The molecule has 0 saturated carbocycles. The minimum atomic E-state index is -1.05. The number of nitrogens with zero attached hydrogens (tertiary/aromatic N) is 2. The van der Waals surface area contributed by atoms with Gasteiger partial charge in [-0.3, -0.25) is 9.59 Å². The molecule has 1 unspecified atom stereocenters. The van der Waals surface area contributed by atoms with Crippen molar-refractivity contribution in [2.75, 3.05) is 6.61 Å². The fraction of sp³-hybridized carbons (Fsp3) is 0.286. The minimum Gasteiger partial charge on any atom is -0.504 e. The van der Waals surface area contributed by atoms with Gasteiger partial charge in [0.15, 0.2) is 16.7 Å². The molecule has 0 spiro atoms. The molecule has 1 heterocycles. The van der Waals surface area contributed by atoms with E-state index in [0.717, 1.165) is 11.8 Å². The number of rotatable bonds is 6. The number of hydrogen-bond donors (Lipinski definition) is 3. The summed E-state index contributed by atoms with van der Waals surface area (Å²) in [6.07, 6.45) is 1.17. The molecule has 1 aliphatic rings. The summed E-state index contributed by atoms with van der Waals surface area (Å²) in [6, 6.07) is 4.72. The first-order valence-electron chi connectivity index (χ1n) is 6.75. The van der Waals surface area contributed by atoms with Gasteiger partial charge in [0.05, 0.1) is 19.2 Å². The van der Waals surface area contributed by atoms with Gasteiger partial charge in [0, 0.05) is 0 Å². The van der Waals surface area contributed by atoms with Gasteiger partial charge < -0.3 is 20.3 Å². The molecule has 1 saturated heterocycles. The average molecular weight is 337 g/mol. The Hall–Kier alpha value is -2.55. The van der Waals surface area contributed by atoms with E-state index < -0.39 is 17.1 Å². The summed E-state index contributed by atoms with van der Waals surface area (Å²) >= 11 is 1.03. The van der Waals surface area contributed by atoms with Gasteiger partial charge in [0.1, 0.15) is 5.25 Å². The van der Waals surface area contributed by atoms with Gasteiger partial charge >= 0.3 is 5.97 Å². The van der Waals surface area contributed by atoms with Crippen LogP contribution >= 0.6 is 11.8 Å². The van der Waals surface area contributed by atoms with Crippen molar-refractivity contribution in [2.24, 2.45) is 10.2 Å². The van der Waals surface area contributed by atoms with Crippen molar-refractivity contribution >= 4 is 35.0 Å². The molecule has 122 valence electrons. The Morgan fingerprint density at radius 3 is 3.00 bits per heavy atom. The van der Waals surface area contributed by atoms with E-state index in [-0.39, 0.29) is 17.3 Å². The average Bonchev–Trinajstić information content (AvgIpc) is 2.82. The number of phenols is 1. The van der Waals surface area contributed by atoms with Crippen LogP contribution in [-0.2, 0) is 9.59 Å². The van der Waals surface area contributed by atoms with Crippen LogP contribution in [0, 0.1) is 0 Å². The second-order valence-electron chi connectivity index (χ2n) is 4.50. The number of phenolic OH excluding ortho intramolecular Hbond substituents is 1. The van der Waals surface area contributed by atoms with Crippen molar-refractivity contribution in [3.05, 3.63) is 23.8 Å². The molecule has 23 heavy (non-hydrogen) atoms. The molecule has 0 aliphatic carbocycles. The van der Waals surface area contributed by atoms with E-state index in [1.54, 1.807) is 19.1 Å². The van der Waals surface area contributed by atoms with E-state index in [1.807, 2.05) is 0 Å². The fourth-order valence-corrected chi connectivity index (χ4v) is 2.69. The molecule has 1 aromatic rings. The number of thioether (sulfide) groups is 1. The van der Waals surface area contributed by atoms with Crippen molar-refractivity contribution in [1.82, 2.24) is 5.32 Å².